The average molecular weight is 200 g/mol. The Kier molecular flexibility index (Phi) is 4.93. The minimum Gasteiger partial charge on any atom is -0.440 e. The highest BCUT2D eigenvalue weighted by Gasteiger charge is 1.99. The van der Waals surface area contributed by atoms with E-state index in [4.69, 9.17) is 4.42 Å². The monoisotopic (exact) mass is 200 g/mol. The van der Waals surface area contributed by atoms with Gasteiger partial charge in [-0.05, 0) is 26.4 Å². The standard InChI is InChI=1S/C9H16N2OS/c1-3-10-5-4-6-13-9-11-8(2)7-12-9/h7,10H,3-6H2,1-2H3. The Balaban J connectivity index is 2.06. The summed E-state index contributed by atoms with van der Waals surface area (Å²) in [6, 6.07) is 0. The van der Waals surface area contributed by atoms with Crippen molar-refractivity contribution in [3.05, 3.63) is 12.0 Å². The first-order chi connectivity index (χ1) is 6.33. The predicted octanol–water partition coefficient (Wildman–Crippen LogP) is 2.07. The molecule has 0 unspecified atom stereocenters. The zero-order valence-corrected chi connectivity index (χ0v) is 8.99. The second-order valence-electron chi connectivity index (χ2n) is 2.81. The summed E-state index contributed by atoms with van der Waals surface area (Å²) in [6.07, 6.45) is 2.84. The third-order valence-corrected chi connectivity index (χ3v) is 2.50. The van der Waals surface area contributed by atoms with Crippen LogP contribution in [0.15, 0.2) is 15.9 Å². The summed E-state index contributed by atoms with van der Waals surface area (Å²) < 4.78 is 5.20. The van der Waals surface area contributed by atoms with E-state index < -0.39 is 0 Å². The quantitative estimate of drug-likeness (QED) is 0.563. The van der Waals surface area contributed by atoms with Crippen LogP contribution in [0, 0.1) is 6.92 Å². The van der Waals surface area contributed by atoms with Crippen molar-refractivity contribution in [3.63, 3.8) is 0 Å². The molecular formula is C9H16N2OS. The fourth-order valence-corrected chi connectivity index (χ4v) is 1.72. The van der Waals surface area contributed by atoms with E-state index >= 15 is 0 Å². The van der Waals surface area contributed by atoms with Crippen molar-refractivity contribution in [2.75, 3.05) is 18.8 Å². The number of thioether (sulfide) groups is 1. The van der Waals surface area contributed by atoms with Gasteiger partial charge in [0.1, 0.15) is 6.26 Å². The molecule has 3 nitrogen and oxygen atoms in total. The molecule has 0 aliphatic carbocycles. The van der Waals surface area contributed by atoms with Crippen LogP contribution in [0.2, 0.25) is 0 Å². The van der Waals surface area contributed by atoms with Gasteiger partial charge >= 0.3 is 0 Å². The van der Waals surface area contributed by atoms with Crippen LogP contribution in [0.3, 0.4) is 0 Å². The van der Waals surface area contributed by atoms with E-state index in [0.717, 1.165) is 36.2 Å². The summed E-state index contributed by atoms with van der Waals surface area (Å²) in [5.74, 6) is 1.06. The zero-order valence-electron chi connectivity index (χ0n) is 8.17. The van der Waals surface area contributed by atoms with E-state index in [-0.39, 0.29) is 0 Å². The molecule has 0 saturated heterocycles. The molecule has 1 heterocycles. The Labute approximate surface area is 83.3 Å². The molecule has 0 saturated carbocycles. The predicted molar refractivity (Wildman–Crippen MR) is 55.1 cm³/mol. The highest BCUT2D eigenvalue weighted by molar-refractivity contribution is 7.99. The first kappa shape index (κ1) is 10.6. The van der Waals surface area contributed by atoms with Crippen molar-refractivity contribution in [1.29, 1.82) is 0 Å². The van der Waals surface area contributed by atoms with Crippen LogP contribution in [0.5, 0.6) is 0 Å². The van der Waals surface area contributed by atoms with Crippen molar-refractivity contribution in [2.45, 2.75) is 25.5 Å². The van der Waals surface area contributed by atoms with Gasteiger partial charge in [0.05, 0.1) is 5.69 Å². The smallest absolute Gasteiger partial charge is 0.255 e. The van der Waals surface area contributed by atoms with Gasteiger partial charge in [0.2, 0.25) is 0 Å². The molecule has 0 radical (unpaired) electrons. The third-order valence-electron chi connectivity index (χ3n) is 1.57. The van der Waals surface area contributed by atoms with Crippen molar-refractivity contribution in [3.8, 4) is 0 Å². The molecule has 0 spiro atoms. The maximum Gasteiger partial charge on any atom is 0.255 e. The van der Waals surface area contributed by atoms with Gasteiger partial charge in [-0.3, -0.25) is 0 Å². The minimum atomic E-state index is 0.786. The number of hydrogen-bond acceptors (Lipinski definition) is 4. The molecule has 1 rings (SSSR count). The number of hydrogen-bond donors (Lipinski definition) is 1. The second kappa shape index (κ2) is 6.05. The first-order valence-electron chi connectivity index (χ1n) is 4.58. The molecule has 0 aliphatic heterocycles. The number of nitrogens with zero attached hydrogens (tertiary/aromatic N) is 1. The summed E-state index contributed by atoms with van der Waals surface area (Å²) in [4.78, 5) is 4.20. The fraction of sp³-hybridized carbons (Fsp3) is 0.667. The van der Waals surface area contributed by atoms with E-state index in [9.17, 15) is 0 Å². The van der Waals surface area contributed by atoms with Crippen molar-refractivity contribution in [2.24, 2.45) is 0 Å². The Morgan fingerprint density at radius 3 is 3.08 bits per heavy atom. The van der Waals surface area contributed by atoms with Crippen LogP contribution in [-0.4, -0.2) is 23.8 Å². The molecular weight excluding hydrogens is 184 g/mol. The Morgan fingerprint density at radius 2 is 2.46 bits per heavy atom. The minimum absolute atomic E-state index is 0.786. The van der Waals surface area contributed by atoms with E-state index in [2.05, 4.69) is 17.2 Å². The van der Waals surface area contributed by atoms with Crippen LogP contribution in [0.4, 0.5) is 0 Å². The molecule has 1 aromatic rings. The van der Waals surface area contributed by atoms with Gasteiger partial charge in [-0.25, -0.2) is 4.98 Å². The van der Waals surface area contributed by atoms with Crippen LogP contribution < -0.4 is 5.32 Å². The summed E-state index contributed by atoms with van der Waals surface area (Å²) in [5, 5.41) is 4.06. The molecule has 4 heteroatoms. The molecule has 0 amide bonds. The van der Waals surface area contributed by atoms with E-state index in [1.54, 1.807) is 18.0 Å². The summed E-state index contributed by atoms with van der Waals surface area (Å²) in [6.45, 7) is 6.17. The lowest BCUT2D eigenvalue weighted by atomic mass is 10.5. The molecule has 1 aromatic heterocycles. The van der Waals surface area contributed by atoms with Gasteiger partial charge in [-0.2, -0.15) is 0 Å². The number of aryl methyl sites for hydroxylation is 1. The molecule has 0 aliphatic rings. The van der Waals surface area contributed by atoms with Crippen LogP contribution in [0.1, 0.15) is 19.0 Å². The van der Waals surface area contributed by atoms with Gasteiger partial charge in [0.25, 0.3) is 5.22 Å². The molecule has 74 valence electrons. The van der Waals surface area contributed by atoms with Gasteiger partial charge in [0.15, 0.2) is 0 Å². The van der Waals surface area contributed by atoms with Crippen molar-refractivity contribution >= 4 is 11.8 Å². The summed E-state index contributed by atoms with van der Waals surface area (Å²) in [7, 11) is 0. The Morgan fingerprint density at radius 1 is 1.62 bits per heavy atom. The Hall–Kier alpha value is -0.480. The van der Waals surface area contributed by atoms with E-state index in [1.165, 1.54) is 0 Å². The second-order valence-corrected chi connectivity index (χ2v) is 3.86. The lowest BCUT2D eigenvalue weighted by Crippen LogP contribution is -2.14. The highest BCUT2D eigenvalue weighted by Crippen LogP contribution is 2.16. The maximum atomic E-state index is 5.20. The fourth-order valence-electron chi connectivity index (χ4n) is 0.932. The van der Waals surface area contributed by atoms with Crippen LogP contribution in [-0.2, 0) is 0 Å². The van der Waals surface area contributed by atoms with E-state index in [0.29, 0.717) is 0 Å². The van der Waals surface area contributed by atoms with Crippen molar-refractivity contribution in [1.82, 2.24) is 10.3 Å². The average Bonchev–Trinajstić information content (AvgIpc) is 2.51. The number of nitrogens with one attached hydrogen (secondary N) is 1. The SMILES string of the molecule is CCNCCCSc1nc(C)co1. The lowest BCUT2D eigenvalue weighted by Gasteiger charge is -1.98. The molecule has 13 heavy (non-hydrogen) atoms. The largest absolute Gasteiger partial charge is 0.440 e. The topological polar surface area (TPSA) is 38.1 Å². The number of rotatable bonds is 6. The first-order valence-corrected chi connectivity index (χ1v) is 5.57. The molecule has 0 atom stereocenters. The molecule has 0 fully saturated rings. The highest BCUT2D eigenvalue weighted by atomic mass is 32.2. The van der Waals surface area contributed by atoms with Gasteiger partial charge in [-0.15, -0.1) is 0 Å². The normalized spacial score (nSPS) is 10.6. The molecule has 0 bridgehead atoms. The van der Waals surface area contributed by atoms with Gasteiger partial charge < -0.3 is 9.73 Å². The number of aromatic nitrogens is 1. The third kappa shape index (κ3) is 4.33. The summed E-state index contributed by atoms with van der Waals surface area (Å²) >= 11 is 1.67. The number of oxazole rings is 1. The Bertz CT molecular complexity index is 237. The van der Waals surface area contributed by atoms with E-state index in [1.807, 2.05) is 6.92 Å². The van der Waals surface area contributed by atoms with Gasteiger partial charge in [0, 0.05) is 5.75 Å². The molecule has 1 N–H and O–H groups in total. The van der Waals surface area contributed by atoms with Gasteiger partial charge in [-0.1, -0.05) is 18.7 Å². The summed E-state index contributed by atoms with van der Waals surface area (Å²) in [5.41, 5.74) is 0.953. The zero-order chi connectivity index (χ0) is 9.52. The van der Waals surface area contributed by atoms with Crippen molar-refractivity contribution < 1.29 is 4.42 Å². The molecule has 0 aromatic carbocycles. The van der Waals surface area contributed by atoms with Crippen LogP contribution in [0.25, 0.3) is 0 Å². The van der Waals surface area contributed by atoms with Crippen LogP contribution >= 0.6 is 11.8 Å². The maximum absolute atomic E-state index is 5.20. The lowest BCUT2D eigenvalue weighted by molar-refractivity contribution is 0.454.